The topological polar surface area (TPSA) is 56.0 Å². The molecule has 0 saturated heterocycles. The highest BCUT2D eigenvalue weighted by molar-refractivity contribution is 7.19. The summed E-state index contributed by atoms with van der Waals surface area (Å²) in [6.45, 7) is 4.33. The first-order valence-corrected chi connectivity index (χ1v) is 9.10. The van der Waals surface area contributed by atoms with Gasteiger partial charge in [0.15, 0.2) is 11.5 Å². The lowest BCUT2D eigenvalue weighted by molar-refractivity contribution is 0.509. The van der Waals surface area contributed by atoms with E-state index >= 15 is 0 Å². The Hall–Kier alpha value is -2.34. The van der Waals surface area contributed by atoms with Gasteiger partial charge in [-0.05, 0) is 49.8 Å². The highest BCUT2D eigenvalue weighted by Gasteiger charge is 2.24. The van der Waals surface area contributed by atoms with Gasteiger partial charge in [-0.25, -0.2) is 9.97 Å². The summed E-state index contributed by atoms with van der Waals surface area (Å²) < 4.78 is 1.89. The van der Waals surface area contributed by atoms with Gasteiger partial charge in [-0.2, -0.15) is 4.52 Å². The molecule has 0 saturated carbocycles. The van der Waals surface area contributed by atoms with Crippen molar-refractivity contribution in [1.29, 1.82) is 0 Å². The van der Waals surface area contributed by atoms with E-state index in [9.17, 15) is 0 Å². The van der Waals surface area contributed by atoms with Crippen molar-refractivity contribution >= 4 is 27.2 Å². The third-order valence-corrected chi connectivity index (χ3v) is 5.98. The lowest BCUT2D eigenvalue weighted by Gasteiger charge is -2.17. The van der Waals surface area contributed by atoms with Crippen LogP contribution in [0.5, 0.6) is 0 Å². The van der Waals surface area contributed by atoms with Crippen molar-refractivity contribution in [1.82, 2.24) is 24.6 Å². The predicted octanol–water partition coefficient (Wildman–Crippen LogP) is 3.83. The maximum atomic E-state index is 4.86. The molecule has 6 heteroatoms. The number of aromatic nitrogens is 5. The molecule has 0 fully saturated rings. The van der Waals surface area contributed by atoms with Crippen LogP contribution in [0.25, 0.3) is 27.3 Å². The van der Waals surface area contributed by atoms with E-state index in [1.165, 1.54) is 22.2 Å². The Morgan fingerprint density at radius 2 is 2.04 bits per heavy atom. The lowest BCUT2D eigenvalue weighted by atomic mass is 9.89. The average Bonchev–Trinajstić information content (AvgIpc) is 3.16. The van der Waals surface area contributed by atoms with Crippen molar-refractivity contribution in [3.63, 3.8) is 0 Å². The summed E-state index contributed by atoms with van der Waals surface area (Å²) in [5, 5.41) is 5.90. The Kier molecular flexibility index (Phi) is 2.97. The van der Waals surface area contributed by atoms with Crippen LogP contribution in [0.4, 0.5) is 0 Å². The minimum absolute atomic E-state index is 0.735. The number of thiophene rings is 1. The normalized spacial score (nSPS) is 17.5. The smallest absolute Gasteiger partial charge is 0.182 e. The molecule has 4 heterocycles. The van der Waals surface area contributed by atoms with E-state index in [4.69, 9.17) is 15.1 Å². The number of fused-ring (bicyclic) bond motifs is 5. The SMILES string of the molecule is Cc1nc2sc3c(c2c2nc(-c4ccncc4)nn12)CCC(C)C3. The molecule has 5 nitrogen and oxygen atoms in total. The van der Waals surface area contributed by atoms with Crippen LogP contribution in [-0.4, -0.2) is 24.6 Å². The van der Waals surface area contributed by atoms with Gasteiger partial charge in [0.05, 0.1) is 5.39 Å². The first-order valence-electron chi connectivity index (χ1n) is 8.28. The van der Waals surface area contributed by atoms with Crippen molar-refractivity contribution in [3.8, 4) is 11.4 Å². The molecule has 120 valence electrons. The van der Waals surface area contributed by atoms with Crippen LogP contribution in [-0.2, 0) is 12.8 Å². The van der Waals surface area contributed by atoms with Crippen molar-refractivity contribution < 1.29 is 0 Å². The zero-order chi connectivity index (χ0) is 16.3. The van der Waals surface area contributed by atoms with Gasteiger partial charge in [-0.3, -0.25) is 4.98 Å². The van der Waals surface area contributed by atoms with E-state index < -0.39 is 0 Å². The molecule has 0 aromatic carbocycles. The summed E-state index contributed by atoms with van der Waals surface area (Å²) in [4.78, 5) is 16.3. The lowest BCUT2D eigenvalue weighted by Crippen LogP contribution is -2.08. The Morgan fingerprint density at radius 3 is 2.88 bits per heavy atom. The largest absolute Gasteiger partial charge is 0.265 e. The van der Waals surface area contributed by atoms with E-state index in [2.05, 4.69) is 11.9 Å². The molecule has 4 aromatic heterocycles. The summed E-state index contributed by atoms with van der Waals surface area (Å²) >= 11 is 1.84. The van der Waals surface area contributed by atoms with Crippen LogP contribution in [0.15, 0.2) is 24.5 Å². The molecule has 5 rings (SSSR count). The van der Waals surface area contributed by atoms with Crippen LogP contribution in [0.1, 0.15) is 29.6 Å². The van der Waals surface area contributed by atoms with Gasteiger partial charge in [0.1, 0.15) is 10.7 Å². The fourth-order valence-corrected chi connectivity index (χ4v) is 4.99. The summed E-state index contributed by atoms with van der Waals surface area (Å²) in [6.07, 6.45) is 7.07. The number of pyridine rings is 1. The number of rotatable bonds is 1. The number of aryl methyl sites for hydroxylation is 2. The minimum atomic E-state index is 0.735. The minimum Gasteiger partial charge on any atom is -0.265 e. The van der Waals surface area contributed by atoms with Crippen LogP contribution in [0.2, 0.25) is 0 Å². The van der Waals surface area contributed by atoms with E-state index in [1.54, 1.807) is 12.4 Å². The first-order chi connectivity index (χ1) is 11.7. The van der Waals surface area contributed by atoms with E-state index in [0.29, 0.717) is 0 Å². The van der Waals surface area contributed by atoms with Gasteiger partial charge in [0.2, 0.25) is 0 Å². The van der Waals surface area contributed by atoms with Gasteiger partial charge in [-0.1, -0.05) is 6.92 Å². The molecule has 1 aliphatic rings. The Labute approximate surface area is 143 Å². The molecular formula is C18H17N5S. The van der Waals surface area contributed by atoms with Crippen LogP contribution in [0, 0.1) is 12.8 Å². The third-order valence-electron chi connectivity index (χ3n) is 4.83. The molecule has 24 heavy (non-hydrogen) atoms. The summed E-state index contributed by atoms with van der Waals surface area (Å²) in [5.74, 6) is 2.38. The van der Waals surface area contributed by atoms with Gasteiger partial charge in [-0.15, -0.1) is 16.4 Å². The zero-order valence-corrected chi connectivity index (χ0v) is 14.5. The standard InChI is InChI=1S/C18H17N5S/c1-10-3-4-13-14(9-10)24-18-15(13)17-21-16(12-5-7-19-8-6-12)22-23(17)11(2)20-18/h5-8,10H,3-4,9H2,1-2H3. The summed E-state index contributed by atoms with van der Waals surface area (Å²) in [7, 11) is 0. The molecule has 0 amide bonds. The van der Waals surface area contributed by atoms with Crippen molar-refractivity contribution in [2.24, 2.45) is 5.92 Å². The highest BCUT2D eigenvalue weighted by Crippen LogP contribution is 2.39. The quantitative estimate of drug-likeness (QED) is 0.530. The van der Waals surface area contributed by atoms with Crippen LogP contribution in [0.3, 0.4) is 0 Å². The molecule has 0 N–H and O–H groups in total. The molecule has 0 spiro atoms. The zero-order valence-electron chi connectivity index (χ0n) is 13.7. The molecule has 0 aliphatic heterocycles. The van der Waals surface area contributed by atoms with E-state index in [0.717, 1.165) is 46.4 Å². The third kappa shape index (κ3) is 1.99. The molecule has 1 unspecified atom stereocenters. The van der Waals surface area contributed by atoms with E-state index in [-0.39, 0.29) is 0 Å². The van der Waals surface area contributed by atoms with Gasteiger partial charge in [0, 0.05) is 22.8 Å². The van der Waals surface area contributed by atoms with Crippen molar-refractivity contribution in [2.75, 3.05) is 0 Å². The van der Waals surface area contributed by atoms with E-state index in [1.807, 2.05) is 34.9 Å². The Balaban J connectivity index is 1.82. The molecule has 4 aromatic rings. The van der Waals surface area contributed by atoms with Crippen molar-refractivity contribution in [2.45, 2.75) is 33.1 Å². The second-order valence-electron chi connectivity index (χ2n) is 6.60. The Bertz CT molecular complexity index is 1060. The Morgan fingerprint density at radius 1 is 1.21 bits per heavy atom. The summed E-state index contributed by atoms with van der Waals surface area (Å²) in [5.41, 5.74) is 3.37. The second kappa shape index (κ2) is 5.08. The fraction of sp³-hybridized carbons (Fsp3) is 0.333. The molecule has 0 bridgehead atoms. The second-order valence-corrected chi connectivity index (χ2v) is 7.68. The molecule has 0 radical (unpaired) electrons. The molecule has 1 atom stereocenters. The fourth-order valence-electron chi connectivity index (χ4n) is 3.56. The van der Waals surface area contributed by atoms with Crippen LogP contribution >= 0.6 is 11.3 Å². The van der Waals surface area contributed by atoms with Crippen LogP contribution < -0.4 is 0 Å². The molecule has 1 aliphatic carbocycles. The predicted molar refractivity (Wildman–Crippen MR) is 95.3 cm³/mol. The molecular weight excluding hydrogens is 318 g/mol. The first kappa shape index (κ1) is 14.0. The maximum absolute atomic E-state index is 4.86. The van der Waals surface area contributed by atoms with Gasteiger partial charge >= 0.3 is 0 Å². The number of hydrogen-bond donors (Lipinski definition) is 0. The summed E-state index contributed by atoms with van der Waals surface area (Å²) in [6, 6.07) is 3.89. The monoisotopic (exact) mass is 335 g/mol. The number of hydrogen-bond acceptors (Lipinski definition) is 5. The van der Waals surface area contributed by atoms with Gasteiger partial charge in [0.25, 0.3) is 0 Å². The average molecular weight is 335 g/mol. The maximum Gasteiger partial charge on any atom is 0.182 e. The highest BCUT2D eigenvalue weighted by atomic mass is 32.1. The van der Waals surface area contributed by atoms with Crippen molar-refractivity contribution in [3.05, 3.63) is 40.8 Å². The number of nitrogens with zero attached hydrogens (tertiary/aromatic N) is 5. The van der Waals surface area contributed by atoms with Gasteiger partial charge < -0.3 is 0 Å².